The first-order chi connectivity index (χ1) is 17.6. The third kappa shape index (κ3) is 5.07. The molecule has 2 aromatic carbocycles. The Labute approximate surface area is 209 Å². The molecule has 0 fully saturated rings. The van der Waals surface area contributed by atoms with E-state index < -0.39 is 0 Å². The Morgan fingerprint density at radius 3 is 2.69 bits per heavy atom. The minimum Gasteiger partial charge on any atom is -0.494 e. The first-order valence-corrected chi connectivity index (χ1v) is 12.4. The molecule has 0 aliphatic rings. The number of hydrogen-bond acceptors (Lipinski definition) is 5. The summed E-state index contributed by atoms with van der Waals surface area (Å²) >= 11 is 0. The number of carbonyl (C=O) groups is 1. The quantitative estimate of drug-likeness (QED) is 0.290. The van der Waals surface area contributed by atoms with E-state index >= 15 is 0 Å². The van der Waals surface area contributed by atoms with Crippen LogP contribution in [-0.4, -0.2) is 36.7 Å². The van der Waals surface area contributed by atoms with Crippen molar-refractivity contribution in [2.24, 2.45) is 0 Å². The Balaban J connectivity index is 1.27. The van der Waals surface area contributed by atoms with E-state index in [1.54, 1.807) is 0 Å². The summed E-state index contributed by atoms with van der Waals surface area (Å²) in [6.07, 6.45) is 6.78. The van der Waals surface area contributed by atoms with E-state index in [4.69, 9.17) is 9.84 Å². The van der Waals surface area contributed by atoms with Crippen molar-refractivity contribution in [3.05, 3.63) is 83.9 Å². The molecule has 3 heterocycles. The molecule has 184 valence electrons. The molecule has 0 saturated heterocycles. The fraction of sp³-hybridized carbons (Fsp3) is 0.286. The monoisotopic (exact) mass is 482 g/mol. The Bertz CT molecular complexity index is 1490. The van der Waals surface area contributed by atoms with Crippen molar-refractivity contribution in [3.63, 3.8) is 0 Å². The molecule has 0 aliphatic carbocycles. The molecule has 0 saturated carbocycles. The second-order valence-electron chi connectivity index (χ2n) is 8.90. The summed E-state index contributed by atoms with van der Waals surface area (Å²) in [5.41, 5.74) is 5.72. The van der Waals surface area contributed by atoms with Gasteiger partial charge >= 0.3 is 0 Å². The molecule has 1 amide bonds. The second-order valence-corrected chi connectivity index (χ2v) is 8.90. The fourth-order valence-corrected chi connectivity index (χ4v) is 4.14. The van der Waals surface area contributed by atoms with Gasteiger partial charge in [-0.25, -0.2) is 4.52 Å². The summed E-state index contributed by atoms with van der Waals surface area (Å²) in [5.74, 6) is 1.60. The highest BCUT2D eigenvalue weighted by molar-refractivity contribution is 5.77. The molecule has 0 atom stereocenters. The van der Waals surface area contributed by atoms with Crippen LogP contribution in [-0.2, 0) is 17.8 Å². The van der Waals surface area contributed by atoms with Crippen LogP contribution in [0.3, 0.4) is 0 Å². The number of hydrogen-bond donors (Lipinski definition) is 1. The first kappa shape index (κ1) is 23.5. The Morgan fingerprint density at radius 1 is 1.06 bits per heavy atom. The van der Waals surface area contributed by atoms with Gasteiger partial charge in [-0.15, -0.1) is 10.2 Å². The number of ether oxygens (including phenoxy) is 1. The number of aryl methyl sites for hydroxylation is 2. The smallest absolute Gasteiger partial charge is 0.220 e. The van der Waals surface area contributed by atoms with Crippen LogP contribution < -0.4 is 10.1 Å². The zero-order chi connectivity index (χ0) is 24.9. The van der Waals surface area contributed by atoms with Crippen LogP contribution in [0.1, 0.15) is 43.1 Å². The number of unbranched alkanes of at least 4 members (excludes halogenated alkanes) is 1. The third-order valence-corrected chi connectivity index (χ3v) is 6.32. The van der Waals surface area contributed by atoms with Crippen LogP contribution in [0.5, 0.6) is 5.75 Å². The number of nitrogens with zero attached hydrogens (tertiary/aromatic N) is 5. The third-order valence-electron chi connectivity index (χ3n) is 6.32. The van der Waals surface area contributed by atoms with E-state index in [1.807, 2.05) is 82.8 Å². The van der Waals surface area contributed by atoms with E-state index in [1.165, 1.54) is 5.56 Å². The standard InChI is InChI=1S/C28H30N6O2/c1-3-4-17-36-23-11-9-21(10-12-23)24-18-25-28-31-30-26(33(28)15-16-34(25)32-24)13-14-27(35)29-19-22-8-6-5-7-20(22)2/h5-12,15-16,18H,3-4,13-14,17,19H2,1-2H3,(H,29,35). The number of fused-ring (bicyclic) bond motifs is 3. The fourth-order valence-electron chi connectivity index (χ4n) is 4.14. The lowest BCUT2D eigenvalue weighted by Gasteiger charge is -2.07. The molecule has 1 N–H and O–H groups in total. The van der Waals surface area contributed by atoms with Crippen molar-refractivity contribution in [1.29, 1.82) is 0 Å². The van der Waals surface area contributed by atoms with Crippen molar-refractivity contribution in [2.75, 3.05) is 6.61 Å². The summed E-state index contributed by atoms with van der Waals surface area (Å²) < 4.78 is 9.50. The van der Waals surface area contributed by atoms with Crippen LogP contribution in [0.4, 0.5) is 0 Å². The maximum Gasteiger partial charge on any atom is 0.220 e. The van der Waals surface area contributed by atoms with Gasteiger partial charge in [-0.2, -0.15) is 5.10 Å². The lowest BCUT2D eigenvalue weighted by Crippen LogP contribution is -2.23. The van der Waals surface area contributed by atoms with Crippen molar-refractivity contribution >= 4 is 17.1 Å². The van der Waals surface area contributed by atoms with Crippen molar-refractivity contribution in [3.8, 4) is 17.0 Å². The van der Waals surface area contributed by atoms with Gasteiger partial charge in [0.2, 0.25) is 5.91 Å². The molecular weight excluding hydrogens is 452 g/mol. The van der Waals surface area contributed by atoms with Crippen LogP contribution in [0.15, 0.2) is 67.0 Å². The van der Waals surface area contributed by atoms with E-state index in [2.05, 4.69) is 22.4 Å². The average molecular weight is 483 g/mol. The molecule has 0 radical (unpaired) electrons. The maximum absolute atomic E-state index is 12.4. The van der Waals surface area contributed by atoms with E-state index in [-0.39, 0.29) is 5.91 Å². The lowest BCUT2D eigenvalue weighted by atomic mass is 10.1. The number of nitrogens with one attached hydrogen (secondary N) is 1. The van der Waals surface area contributed by atoms with Gasteiger partial charge in [0.15, 0.2) is 5.65 Å². The summed E-state index contributed by atoms with van der Waals surface area (Å²) in [5, 5.41) is 16.5. The Kier molecular flexibility index (Phi) is 6.93. The predicted molar refractivity (Wildman–Crippen MR) is 139 cm³/mol. The minimum absolute atomic E-state index is 0.00941. The number of benzene rings is 2. The van der Waals surface area contributed by atoms with Gasteiger partial charge < -0.3 is 10.1 Å². The SMILES string of the molecule is CCCCOc1ccc(-c2cc3c4nnc(CCC(=O)NCc5ccccc5C)n4ccn3n2)cc1. The van der Waals surface area contributed by atoms with Crippen molar-refractivity contribution in [2.45, 2.75) is 46.1 Å². The number of amides is 1. The van der Waals surface area contributed by atoms with Crippen LogP contribution in [0.25, 0.3) is 22.4 Å². The Morgan fingerprint density at radius 2 is 1.89 bits per heavy atom. The molecule has 0 spiro atoms. The van der Waals surface area contributed by atoms with Crippen molar-refractivity contribution < 1.29 is 9.53 Å². The van der Waals surface area contributed by atoms with Gasteiger partial charge in [-0.05, 0) is 54.8 Å². The highest BCUT2D eigenvalue weighted by Gasteiger charge is 2.14. The highest BCUT2D eigenvalue weighted by atomic mass is 16.5. The molecule has 5 rings (SSSR count). The van der Waals surface area contributed by atoms with Crippen LogP contribution in [0.2, 0.25) is 0 Å². The molecule has 8 nitrogen and oxygen atoms in total. The normalized spacial score (nSPS) is 11.3. The molecule has 3 aromatic heterocycles. The summed E-state index contributed by atoms with van der Waals surface area (Å²) in [6, 6.07) is 18.1. The number of aromatic nitrogens is 5. The molecule has 5 aromatic rings. The minimum atomic E-state index is -0.00941. The van der Waals surface area contributed by atoms with Gasteiger partial charge in [0.05, 0.1) is 12.3 Å². The molecule has 36 heavy (non-hydrogen) atoms. The van der Waals surface area contributed by atoms with Crippen LogP contribution in [0, 0.1) is 6.92 Å². The van der Waals surface area contributed by atoms with Gasteiger partial charge in [-0.1, -0.05) is 37.6 Å². The van der Waals surface area contributed by atoms with E-state index in [0.29, 0.717) is 25.0 Å². The Hall–Kier alpha value is -4.20. The topological polar surface area (TPSA) is 85.8 Å². The zero-order valence-corrected chi connectivity index (χ0v) is 20.6. The predicted octanol–water partition coefficient (Wildman–Crippen LogP) is 4.78. The highest BCUT2D eigenvalue weighted by Crippen LogP contribution is 2.24. The summed E-state index contributed by atoms with van der Waals surface area (Å²) in [6.45, 7) is 5.45. The summed E-state index contributed by atoms with van der Waals surface area (Å²) in [4.78, 5) is 12.4. The van der Waals surface area contributed by atoms with Crippen LogP contribution >= 0.6 is 0 Å². The van der Waals surface area contributed by atoms with E-state index in [0.717, 1.165) is 53.4 Å². The van der Waals surface area contributed by atoms with Gasteiger partial charge in [-0.3, -0.25) is 9.20 Å². The molecular formula is C28H30N6O2. The van der Waals surface area contributed by atoms with Gasteiger partial charge in [0.1, 0.15) is 17.1 Å². The maximum atomic E-state index is 12.4. The molecule has 0 unspecified atom stereocenters. The zero-order valence-electron chi connectivity index (χ0n) is 20.6. The largest absolute Gasteiger partial charge is 0.494 e. The average Bonchev–Trinajstić information content (AvgIpc) is 3.52. The number of rotatable bonds is 10. The molecule has 0 aliphatic heterocycles. The van der Waals surface area contributed by atoms with Gasteiger partial charge in [0.25, 0.3) is 0 Å². The lowest BCUT2D eigenvalue weighted by molar-refractivity contribution is -0.121. The van der Waals surface area contributed by atoms with E-state index in [9.17, 15) is 4.79 Å². The molecule has 8 heteroatoms. The summed E-state index contributed by atoms with van der Waals surface area (Å²) in [7, 11) is 0. The van der Waals surface area contributed by atoms with Gasteiger partial charge in [0, 0.05) is 37.3 Å². The van der Waals surface area contributed by atoms with Crippen molar-refractivity contribution in [1.82, 2.24) is 29.5 Å². The second kappa shape index (κ2) is 10.6. The molecule has 0 bridgehead atoms. The number of carbonyl (C=O) groups excluding carboxylic acids is 1. The first-order valence-electron chi connectivity index (χ1n) is 12.4.